The van der Waals surface area contributed by atoms with Gasteiger partial charge in [0.05, 0.1) is 7.11 Å². The summed E-state index contributed by atoms with van der Waals surface area (Å²) < 4.78 is 5.18. The quantitative estimate of drug-likeness (QED) is 0.755. The molecule has 0 bridgehead atoms. The smallest absolute Gasteiger partial charge is 0.119 e. The maximum atomic E-state index is 5.18. The molecule has 0 spiro atoms. The van der Waals surface area contributed by atoms with E-state index in [0.29, 0.717) is 0 Å². The zero-order valence-corrected chi connectivity index (χ0v) is 10.1. The number of anilines is 1. The van der Waals surface area contributed by atoms with Crippen molar-refractivity contribution in [1.82, 2.24) is 0 Å². The van der Waals surface area contributed by atoms with Crippen molar-refractivity contribution < 1.29 is 4.74 Å². The van der Waals surface area contributed by atoms with Gasteiger partial charge >= 0.3 is 0 Å². The van der Waals surface area contributed by atoms with Crippen LogP contribution in [-0.4, -0.2) is 20.2 Å². The Labute approximate surface area is 98.2 Å². The summed E-state index contributed by atoms with van der Waals surface area (Å²) in [6.45, 7) is 2.40. The number of nitrogens with zero attached hydrogens (tertiary/aromatic N) is 1. The third kappa shape index (κ3) is 2.91. The molecule has 0 atom stereocenters. The monoisotopic (exact) mass is 219 g/mol. The van der Waals surface area contributed by atoms with E-state index in [-0.39, 0.29) is 0 Å². The second-order valence-corrected chi connectivity index (χ2v) is 4.45. The standard InChI is InChI=1S/C14H21NO/c1-16-14-9-7-13(8-10-14)15-11-5-3-2-4-6-12-15/h7-10H,2-6,11-12H2,1H3. The molecule has 0 aromatic heterocycles. The van der Waals surface area contributed by atoms with Crippen molar-refractivity contribution in [2.24, 2.45) is 0 Å². The topological polar surface area (TPSA) is 12.5 Å². The van der Waals surface area contributed by atoms with E-state index >= 15 is 0 Å². The first-order valence-corrected chi connectivity index (χ1v) is 6.29. The molecule has 1 aromatic rings. The Bertz CT molecular complexity index is 299. The second kappa shape index (κ2) is 5.78. The van der Waals surface area contributed by atoms with E-state index in [9.17, 15) is 0 Å². The average Bonchev–Trinajstić information content (AvgIpc) is 2.29. The van der Waals surface area contributed by atoms with Gasteiger partial charge in [0.15, 0.2) is 0 Å². The summed E-state index contributed by atoms with van der Waals surface area (Å²) in [5, 5.41) is 0. The van der Waals surface area contributed by atoms with Crippen LogP contribution in [0.15, 0.2) is 24.3 Å². The highest BCUT2D eigenvalue weighted by Gasteiger charge is 2.08. The first kappa shape index (κ1) is 11.3. The first-order valence-electron chi connectivity index (χ1n) is 6.29. The van der Waals surface area contributed by atoms with Crippen molar-refractivity contribution in [3.63, 3.8) is 0 Å². The molecule has 1 aromatic carbocycles. The maximum absolute atomic E-state index is 5.18. The molecule has 16 heavy (non-hydrogen) atoms. The molecule has 2 rings (SSSR count). The lowest BCUT2D eigenvalue weighted by Gasteiger charge is -2.26. The predicted molar refractivity (Wildman–Crippen MR) is 68.3 cm³/mol. The van der Waals surface area contributed by atoms with E-state index in [1.807, 2.05) is 12.1 Å². The van der Waals surface area contributed by atoms with Gasteiger partial charge in [0.2, 0.25) is 0 Å². The Morgan fingerprint density at radius 2 is 1.44 bits per heavy atom. The first-order chi connectivity index (χ1) is 7.90. The number of ether oxygens (including phenoxy) is 1. The van der Waals surface area contributed by atoms with Crippen LogP contribution in [0.5, 0.6) is 5.75 Å². The van der Waals surface area contributed by atoms with Crippen molar-refractivity contribution in [1.29, 1.82) is 0 Å². The molecule has 0 radical (unpaired) electrons. The van der Waals surface area contributed by atoms with Crippen molar-refractivity contribution in [2.75, 3.05) is 25.1 Å². The lowest BCUT2D eigenvalue weighted by molar-refractivity contribution is 0.415. The molecule has 0 aliphatic carbocycles. The molecule has 88 valence electrons. The third-order valence-corrected chi connectivity index (χ3v) is 3.29. The fraction of sp³-hybridized carbons (Fsp3) is 0.571. The number of methoxy groups -OCH3 is 1. The normalized spacial score (nSPS) is 17.7. The van der Waals surface area contributed by atoms with Crippen LogP contribution in [-0.2, 0) is 0 Å². The van der Waals surface area contributed by atoms with Gasteiger partial charge < -0.3 is 9.64 Å². The third-order valence-electron chi connectivity index (χ3n) is 3.29. The Morgan fingerprint density at radius 1 is 0.875 bits per heavy atom. The molecule has 1 heterocycles. The number of hydrogen-bond acceptors (Lipinski definition) is 2. The van der Waals surface area contributed by atoms with Gasteiger partial charge in [-0.2, -0.15) is 0 Å². The van der Waals surface area contributed by atoms with Crippen LogP contribution >= 0.6 is 0 Å². The fourth-order valence-corrected chi connectivity index (χ4v) is 2.30. The van der Waals surface area contributed by atoms with Gasteiger partial charge in [-0.25, -0.2) is 0 Å². The zero-order valence-electron chi connectivity index (χ0n) is 10.1. The van der Waals surface area contributed by atoms with E-state index in [2.05, 4.69) is 17.0 Å². The number of hydrogen-bond donors (Lipinski definition) is 0. The molecule has 1 saturated heterocycles. The van der Waals surface area contributed by atoms with Crippen LogP contribution in [0, 0.1) is 0 Å². The van der Waals surface area contributed by atoms with Crippen LogP contribution in [0.25, 0.3) is 0 Å². The minimum Gasteiger partial charge on any atom is -0.497 e. The second-order valence-electron chi connectivity index (χ2n) is 4.45. The van der Waals surface area contributed by atoms with Gasteiger partial charge in [0, 0.05) is 18.8 Å². The van der Waals surface area contributed by atoms with Crippen LogP contribution in [0.4, 0.5) is 5.69 Å². The SMILES string of the molecule is COc1ccc(N2CCCCCCC2)cc1. The molecule has 2 heteroatoms. The van der Waals surface area contributed by atoms with Gasteiger partial charge in [-0.05, 0) is 37.1 Å². The van der Waals surface area contributed by atoms with E-state index in [1.54, 1.807) is 7.11 Å². The minimum atomic E-state index is 0.941. The summed E-state index contributed by atoms with van der Waals surface area (Å²) in [4.78, 5) is 2.50. The Hall–Kier alpha value is -1.18. The van der Waals surface area contributed by atoms with E-state index in [1.165, 1.54) is 50.9 Å². The summed E-state index contributed by atoms with van der Waals surface area (Å²) in [6, 6.07) is 8.43. The lowest BCUT2D eigenvalue weighted by Crippen LogP contribution is -2.26. The van der Waals surface area contributed by atoms with E-state index in [4.69, 9.17) is 4.74 Å². The van der Waals surface area contributed by atoms with Crippen molar-refractivity contribution in [2.45, 2.75) is 32.1 Å². The van der Waals surface area contributed by atoms with Crippen molar-refractivity contribution in [3.8, 4) is 5.75 Å². The zero-order chi connectivity index (χ0) is 11.2. The highest BCUT2D eigenvalue weighted by atomic mass is 16.5. The summed E-state index contributed by atoms with van der Waals surface area (Å²) in [7, 11) is 1.71. The largest absolute Gasteiger partial charge is 0.497 e. The van der Waals surface area contributed by atoms with Crippen LogP contribution in [0.1, 0.15) is 32.1 Å². The van der Waals surface area contributed by atoms with Crippen molar-refractivity contribution >= 4 is 5.69 Å². The highest BCUT2D eigenvalue weighted by Crippen LogP contribution is 2.21. The molecule has 1 aliphatic heterocycles. The minimum absolute atomic E-state index is 0.941. The summed E-state index contributed by atoms with van der Waals surface area (Å²) in [6.07, 6.45) is 6.83. The van der Waals surface area contributed by atoms with E-state index in [0.717, 1.165) is 5.75 Å². The predicted octanol–water partition coefficient (Wildman–Crippen LogP) is 3.47. The molecular weight excluding hydrogens is 198 g/mol. The van der Waals surface area contributed by atoms with Crippen LogP contribution in [0.2, 0.25) is 0 Å². The molecule has 1 aliphatic rings. The molecule has 0 N–H and O–H groups in total. The molecule has 0 amide bonds. The Kier molecular flexibility index (Phi) is 4.09. The number of benzene rings is 1. The van der Waals surface area contributed by atoms with Gasteiger partial charge in [-0.1, -0.05) is 19.3 Å². The van der Waals surface area contributed by atoms with Gasteiger partial charge in [0.1, 0.15) is 5.75 Å². The summed E-state index contributed by atoms with van der Waals surface area (Å²) in [5.74, 6) is 0.941. The molecule has 0 unspecified atom stereocenters. The Balaban J connectivity index is 2.02. The fourth-order valence-electron chi connectivity index (χ4n) is 2.30. The molecule has 2 nitrogen and oxygen atoms in total. The van der Waals surface area contributed by atoms with Crippen LogP contribution in [0.3, 0.4) is 0 Å². The molecule has 0 saturated carbocycles. The Morgan fingerprint density at radius 3 is 2.00 bits per heavy atom. The lowest BCUT2D eigenvalue weighted by atomic mass is 10.1. The van der Waals surface area contributed by atoms with E-state index < -0.39 is 0 Å². The maximum Gasteiger partial charge on any atom is 0.119 e. The summed E-state index contributed by atoms with van der Waals surface area (Å²) >= 11 is 0. The highest BCUT2D eigenvalue weighted by molar-refractivity contribution is 5.49. The van der Waals surface area contributed by atoms with Crippen LogP contribution < -0.4 is 9.64 Å². The summed E-state index contributed by atoms with van der Waals surface area (Å²) in [5.41, 5.74) is 1.34. The molecular formula is C14H21NO. The van der Waals surface area contributed by atoms with Gasteiger partial charge in [-0.3, -0.25) is 0 Å². The number of rotatable bonds is 2. The average molecular weight is 219 g/mol. The van der Waals surface area contributed by atoms with Crippen molar-refractivity contribution in [3.05, 3.63) is 24.3 Å². The van der Waals surface area contributed by atoms with Gasteiger partial charge in [0.25, 0.3) is 0 Å². The molecule has 1 fully saturated rings. The van der Waals surface area contributed by atoms with Gasteiger partial charge in [-0.15, -0.1) is 0 Å².